The Morgan fingerprint density at radius 2 is 2.16 bits per heavy atom. The molecule has 0 radical (unpaired) electrons. The number of carbonyl (C=O) groups is 2. The van der Waals surface area contributed by atoms with Gasteiger partial charge in [0.05, 0.1) is 6.54 Å². The maximum atomic E-state index is 11.5. The number of carboxylic acids is 1. The summed E-state index contributed by atoms with van der Waals surface area (Å²) in [5, 5.41) is 14.5. The summed E-state index contributed by atoms with van der Waals surface area (Å²) in [6.45, 7) is 4.56. The van der Waals surface area contributed by atoms with Gasteiger partial charge in [-0.1, -0.05) is 13.8 Å². The van der Waals surface area contributed by atoms with E-state index < -0.39 is 5.97 Å². The van der Waals surface area contributed by atoms with Crippen LogP contribution in [0.3, 0.4) is 0 Å². The highest BCUT2D eigenvalue weighted by molar-refractivity contribution is 9.10. The van der Waals surface area contributed by atoms with Crippen LogP contribution in [0.4, 0.5) is 5.82 Å². The Kier molecular flexibility index (Phi) is 5.75. The molecule has 0 aliphatic carbocycles. The molecule has 0 bridgehead atoms. The van der Waals surface area contributed by atoms with E-state index in [4.69, 9.17) is 5.11 Å². The molecule has 1 heterocycles. The lowest BCUT2D eigenvalue weighted by Crippen LogP contribution is -2.32. The Balaban J connectivity index is 2.62. The Bertz CT molecular complexity index is 477. The zero-order valence-corrected chi connectivity index (χ0v) is 12.3. The van der Waals surface area contributed by atoms with Crippen molar-refractivity contribution in [2.75, 3.05) is 18.4 Å². The van der Waals surface area contributed by atoms with Gasteiger partial charge in [0.15, 0.2) is 0 Å². The smallest absolute Gasteiger partial charge is 0.339 e. The molecule has 0 unspecified atom stereocenters. The van der Waals surface area contributed by atoms with Gasteiger partial charge >= 0.3 is 5.97 Å². The second-order valence-corrected chi connectivity index (χ2v) is 5.32. The van der Waals surface area contributed by atoms with Gasteiger partial charge in [0.25, 0.3) is 0 Å². The molecule has 0 atom stereocenters. The summed E-state index contributed by atoms with van der Waals surface area (Å²) >= 11 is 3.15. The highest BCUT2D eigenvalue weighted by atomic mass is 79.9. The Labute approximate surface area is 119 Å². The van der Waals surface area contributed by atoms with E-state index in [1.807, 2.05) is 13.8 Å². The van der Waals surface area contributed by atoms with Crippen LogP contribution in [-0.2, 0) is 4.79 Å². The molecular weight excluding hydrogens is 314 g/mol. The molecule has 19 heavy (non-hydrogen) atoms. The molecule has 1 aromatic rings. The first-order valence-electron chi connectivity index (χ1n) is 5.79. The van der Waals surface area contributed by atoms with Crippen molar-refractivity contribution in [3.8, 4) is 0 Å². The summed E-state index contributed by atoms with van der Waals surface area (Å²) in [5.74, 6) is -0.756. The number of halogens is 1. The number of aromatic carboxylic acids is 1. The largest absolute Gasteiger partial charge is 0.478 e. The normalized spacial score (nSPS) is 10.3. The van der Waals surface area contributed by atoms with E-state index in [9.17, 15) is 9.59 Å². The highest BCUT2D eigenvalue weighted by Gasteiger charge is 2.13. The van der Waals surface area contributed by atoms with Crippen LogP contribution in [0.1, 0.15) is 24.2 Å². The quantitative estimate of drug-likeness (QED) is 0.739. The van der Waals surface area contributed by atoms with Crippen LogP contribution in [0.25, 0.3) is 0 Å². The van der Waals surface area contributed by atoms with Gasteiger partial charge in [-0.3, -0.25) is 4.79 Å². The molecule has 0 spiro atoms. The Hall–Kier alpha value is -1.63. The van der Waals surface area contributed by atoms with Crippen molar-refractivity contribution in [2.24, 2.45) is 5.92 Å². The third-order valence-corrected chi connectivity index (χ3v) is 2.64. The van der Waals surface area contributed by atoms with Crippen molar-refractivity contribution in [1.82, 2.24) is 10.3 Å². The first-order chi connectivity index (χ1) is 8.90. The van der Waals surface area contributed by atoms with Gasteiger partial charge in [-0.05, 0) is 27.9 Å². The third kappa shape index (κ3) is 5.25. The van der Waals surface area contributed by atoms with Crippen molar-refractivity contribution in [3.63, 3.8) is 0 Å². The summed E-state index contributed by atoms with van der Waals surface area (Å²) < 4.78 is 0.569. The SMILES string of the molecule is CC(C)CNC(=O)CNc1ncc(Br)cc1C(=O)O. The molecular formula is C12H16BrN3O3. The fourth-order valence-electron chi connectivity index (χ4n) is 1.29. The van der Waals surface area contributed by atoms with Gasteiger partial charge < -0.3 is 15.7 Å². The molecule has 6 nitrogen and oxygen atoms in total. The Morgan fingerprint density at radius 1 is 1.47 bits per heavy atom. The molecule has 0 aromatic carbocycles. The van der Waals surface area contributed by atoms with E-state index in [2.05, 4.69) is 31.5 Å². The summed E-state index contributed by atoms with van der Waals surface area (Å²) in [7, 11) is 0. The maximum Gasteiger partial charge on any atom is 0.339 e. The second-order valence-electron chi connectivity index (χ2n) is 4.41. The van der Waals surface area contributed by atoms with Crippen LogP contribution in [0.15, 0.2) is 16.7 Å². The summed E-state index contributed by atoms with van der Waals surface area (Å²) in [6, 6.07) is 1.43. The minimum atomic E-state index is -1.10. The molecule has 0 saturated heterocycles. The molecule has 3 N–H and O–H groups in total. The molecule has 0 aliphatic heterocycles. The number of hydrogen-bond acceptors (Lipinski definition) is 4. The fourth-order valence-corrected chi connectivity index (χ4v) is 1.62. The number of hydrogen-bond donors (Lipinski definition) is 3. The average Bonchev–Trinajstić information content (AvgIpc) is 2.34. The monoisotopic (exact) mass is 329 g/mol. The average molecular weight is 330 g/mol. The van der Waals surface area contributed by atoms with Crippen molar-refractivity contribution in [3.05, 3.63) is 22.3 Å². The van der Waals surface area contributed by atoms with Gasteiger partial charge in [0.2, 0.25) is 5.91 Å². The standard InChI is InChI=1S/C12H16BrN3O3/c1-7(2)4-14-10(17)6-16-11-9(12(18)19)3-8(13)5-15-11/h3,5,7H,4,6H2,1-2H3,(H,14,17)(H,15,16)(H,18,19). The minimum absolute atomic E-state index is 0.0123. The van der Waals surface area contributed by atoms with Crippen LogP contribution in [-0.4, -0.2) is 35.1 Å². The van der Waals surface area contributed by atoms with Crippen LogP contribution < -0.4 is 10.6 Å². The van der Waals surface area contributed by atoms with Gasteiger partial charge in [-0.2, -0.15) is 0 Å². The van der Waals surface area contributed by atoms with Crippen molar-refractivity contribution in [2.45, 2.75) is 13.8 Å². The molecule has 0 saturated carbocycles. The number of pyridine rings is 1. The summed E-state index contributed by atoms with van der Waals surface area (Å²) in [5.41, 5.74) is 0.0195. The lowest BCUT2D eigenvalue weighted by atomic mass is 10.2. The van der Waals surface area contributed by atoms with E-state index in [0.29, 0.717) is 16.9 Å². The molecule has 0 aliphatic rings. The number of aromatic nitrogens is 1. The number of amides is 1. The minimum Gasteiger partial charge on any atom is -0.478 e. The summed E-state index contributed by atoms with van der Waals surface area (Å²) in [4.78, 5) is 26.5. The van der Waals surface area contributed by atoms with Gasteiger partial charge in [-0.15, -0.1) is 0 Å². The zero-order chi connectivity index (χ0) is 14.4. The molecule has 0 fully saturated rings. The lowest BCUT2D eigenvalue weighted by molar-refractivity contribution is -0.119. The number of nitrogens with zero attached hydrogens (tertiary/aromatic N) is 1. The number of carbonyl (C=O) groups excluding carboxylic acids is 1. The molecule has 1 aromatic heterocycles. The van der Waals surface area contributed by atoms with Crippen molar-refractivity contribution < 1.29 is 14.7 Å². The second kappa shape index (κ2) is 7.08. The number of rotatable bonds is 6. The summed E-state index contributed by atoms with van der Waals surface area (Å²) in [6.07, 6.45) is 1.47. The first kappa shape index (κ1) is 15.4. The Morgan fingerprint density at radius 3 is 2.74 bits per heavy atom. The lowest BCUT2D eigenvalue weighted by Gasteiger charge is -2.10. The molecule has 1 amide bonds. The van der Waals surface area contributed by atoms with Crippen LogP contribution in [0.2, 0.25) is 0 Å². The van der Waals surface area contributed by atoms with E-state index in [-0.39, 0.29) is 23.8 Å². The molecule has 7 heteroatoms. The number of nitrogens with one attached hydrogen (secondary N) is 2. The van der Waals surface area contributed by atoms with E-state index in [0.717, 1.165) is 0 Å². The predicted molar refractivity (Wildman–Crippen MR) is 75.2 cm³/mol. The van der Waals surface area contributed by atoms with Crippen LogP contribution >= 0.6 is 15.9 Å². The first-order valence-corrected chi connectivity index (χ1v) is 6.59. The van der Waals surface area contributed by atoms with Gasteiger partial charge in [0.1, 0.15) is 11.4 Å². The predicted octanol–water partition coefficient (Wildman–Crippen LogP) is 1.73. The van der Waals surface area contributed by atoms with Crippen molar-refractivity contribution in [1.29, 1.82) is 0 Å². The van der Waals surface area contributed by atoms with E-state index in [1.54, 1.807) is 0 Å². The number of carboxylic acid groups (broad SMARTS) is 1. The highest BCUT2D eigenvalue weighted by Crippen LogP contribution is 2.17. The topological polar surface area (TPSA) is 91.3 Å². The molecule has 1 rings (SSSR count). The zero-order valence-electron chi connectivity index (χ0n) is 10.7. The van der Waals surface area contributed by atoms with Crippen LogP contribution in [0.5, 0.6) is 0 Å². The molecule has 104 valence electrons. The van der Waals surface area contributed by atoms with Crippen LogP contribution in [0, 0.1) is 5.92 Å². The third-order valence-electron chi connectivity index (χ3n) is 2.21. The van der Waals surface area contributed by atoms with E-state index >= 15 is 0 Å². The fraction of sp³-hybridized carbons (Fsp3) is 0.417. The van der Waals surface area contributed by atoms with Crippen molar-refractivity contribution >= 4 is 33.6 Å². The number of anilines is 1. The van der Waals surface area contributed by atoms with Gasteiger partial charge in [0, 0.05) is 17.2 Å². The van der Waals surface area contributed by atoms with E-state index in [1.165, 1.54) is 12.3 Å². The maximum absolute atomic E-state index is 11.5. The van der Waals surface area contributed by atoms with Gasteiger partial charge in [-0.25, -0.2) is 9.78 Å².